The molecule has 0 aliphatic carbocycles. The summed E-state index contributed by atoms with van der Waals surface area (Å²) in [7, 11) is 0. The summed E-state index contributed by atoms with van der Waals surface area (Å²) in [6.45, 7) is 0. The van der Waals surface area contributed by atoms with Gasteiger partial charge in [0.15, 0.2) is 17.4 Å². The van der Waals surface area contributed by atoms with Gasteiger partial charge in [0.1, 0.15) is 18.2 Å². The molecule has 3 heterocycles. The monoisotopic (exact) mass is 268 g/mol. The van der Waals surface area contributed by atoms with Gasteiger partial charge in [-0.25, -0.2) is 9.97 Å². The van der Waals surface area contributed by atoms with E-state index < -0.39 is 12.3 Å². The number of aliphatic hydroxyl groups is 1. The zero-order valence-corrected chi connectivity index (χ0v) is 9.83. The van der Waals surface area contributed by atoms with Crippen molar-refractivity contribution in [1.82, 2.24) is 19.5 Å². The number of nitrogens with zero attached hydrogens (tertiary/aromatic N) is 3. The molecule has 2 aromatic rings. The van der Waals surface area contributed by atoms with Crippen molar-refractivity contribution >= 4 is 22.8 Å². The first kappa shape index (κ1) is 11.2. The summed E-state index contributed by atoms with van der Waals surface area (Å²) in [5, 5.41) is 9.69. The fourth-order valence-electron chi connectivity index (χ4n) is 1.93. The molecule has 1 aliphatic rings. The molecule has 2 atom stereocenters. The lowest BCUT2D eigenvalue weighted by atomic mass is 10.2. The third-order valence-electron chi connectivity index (χ3n) is 2.81. The number of nitrogens with one attached hydrogen (secondary N) is 1. The lowest BCUT2D eigenvalue weighted by Gasteiger charge is -2.11. The first-order valence-electron chi connectivity index (χ1n) is 5.26. The van der Waals surface area contributed by atoms with Crippen molar-refractivity contribution in [3.05, 3.63) is 34.3 Å². The van der Waals surface area contributed by atoms with Gasteiger partial charge in [-0.1, -0.05) is 11.6 Å². The van der Waals surface area contributed by atoms with E-state index in [1.54, 1.807) is 4.57 Å². The molecular weight excluding hydrogens is 260 g/mol. The molecule has 1 aliphatic heterocycles. The Labute approximate surface area is 106 Å². The molecule has 0 saturated carbocycles. The maximum Gasteiger partial charge on any atom is 0.278 e. The van der Waals surface area contributed by atoms with Crippen LogP contribution in [0.4, 0.5) is 0 Å². The number of ether oxygens (including phenoxy) is 1. The van der Waals surface area contributed by atoms with Gasteiger partial charge in [0.25, 0.3) is 5.56 Å². The third kappa shape index (κ3) is 1.59. The highest BCUT2D eigenvalue weighted by Crippen LogP contribution is 2.32. The maximum atomic E-state index is 11.5. The molecule has 8 heteroatoms. The second-order valence-corrected chi connectivity index (χ2v) is 4.11. The number of aliphatic hydroxyl groups excluding tert-OH is 1. The number of halogens is 1. The van der Waals surface area contributed by atoms with Crippen molar-refractivity contribution in [2.24, 2.45) is 0 Å². The van der Waals surface area contributed by atoms with Crippen LogP contribution < -0.4 is 5.56 Å². The van der Waals surface area contributed by atoms with Gasteiger partial charge >= 0.3 is 0 Å². The van der Waals surface area contributed by atoms with Crippen LogP contribution in [0.3, 0.4) is 0 Å². The molecule has 3 rings (SSSR count). The van der Waals surface area contributed by atoms with Crippen molar-refractivity contribution < 1.29 is 9.84 Å². The quantitative estimate of drug-likeness (QED) is 0.785. The second-order valence-electron chi connectivity index (χ2n) is 3.89. The van der Waals surface area contributed by atoms with Crippen LogP contribution in [-0.4, -0.2) is 30.7 Å². The Bertz CT molecular complexity index is 677. The van der Waals surface area contributed by atoms with Crippen molar-refractivity contribution in [1.29, 1.82) is 0 Å². The van der Waals surface area contributed by atoms with E-state index in [1.807, 2.05) is 0 Å². The highest BCUT2D eigenvalue weighted by molar-refractivity contribution is 6.25. The van der Waals surface area contributed by atoms with Crippen molar-refractivity contribution in [3.63, 3.8) is 0 Å². The minimum atomic E-state index is -0.757. The zero-order valence-electron chi connectivity index (χ0n) is 9.08. The van der Waals surface area contributed by atoms with Gasteiger partial charge in [-0.05, 0) is 0 Å². The molecule has 18 heavy (non-hydrogen) atoms. The number of aromatic nitrogens is 4. The van der Waals surface area contributed by atoms with Crippen LogP contribution in [-0.2, 0) is 4.74 Å². The molecule has 1 saturated heterocycles. The van der Waals surface area contributed by atoms with Gasteiger partial charge in [-0.2, -0.15) is 0 Å². The van der Waals surface area contributed by atoms with Crippen LogP contribution in [0.15, 0.2) is 28.7 Å². The van der Waals surface area contributed by atoms with Crippen LogP contribution in [0.2, 0.25) is 0 Å². The summed E-state index contributed by atoms with van der Waals surface area (Å²) in [6, 6.07) is 0. The SMILES string of the molecule is O=c1[nH]cnc2c1ncn2[C@H]1C[C@H](O)/C(=C/Cl)O1. The standard InChI is InChI=1S/C10H9ClN4O3/c11-2-6-5(16)1-7(18-6)15-4-14-8-9(15)12-3-13-10(8)17/h2-5,7,16H,1H2,(H,12,13,17)/b6-2-/t5-,7+/m0/s1. The second kappa shape index (κ2) is 4.11. The van der Waals surface area contributed by atoms with Crippen LogP contribution in [0.5, 0.6) is 0 Å². The molecule has 94 valence electrons. The number of imidazole rings is 1. The summed E-state index contributed by atoms with van der Waals surface area (Å²) in [5.41, 5.74) is 1.53. The van der Waals surface area contributed by atoms with Crippen LogP contribution in [0.1, 0.15) is 12.6 Å². The van der Waals surface area contributed by atoms with E-state index >= 15 is 0 Å². The smallest absolute Gasteiger partial charge is 0.278 e. The zero-order chi connectivity index (χ0) is 12.7. The van der Waals surface area contributed by atoms with E-state index in [4.69, 9.17) is 16.3 Å². The summed E-state index contributed by atoms with van der Waals surface area (Å²) < 4.78 is 7.06. The molecule has 7 nitrogen and oxygen atoms in total. The van der Waals surface area contributed by atoms with Crippen LogP contribution in [0, 0.1) is 0 Å². The Morgan fingerprint density at radius 3 is 3.17 bits per heavy atom. The Kier molecular flexibility index (Phi) is 2.57. The normalized spacial score (nSPS) is 25.8. The molecule has 0 bridgehead atoms. The predicted molar refractivity (Wildman–Crippen MR) is 62.8 cm³/mol. The number of hydrogen-bond acceptors (Lipinski definition) is 5. The lowest BCUT2D eigenvalue weighted by Crippen LogP contribution is -2.10. The van der Waals surface area contributed by atoms with E-state index in [-0.39, 0.29) is 11.1 Å². The van der Waals surface area contributed by atoms with Gasteiger partial charge < -0.3 is 14.8 Å². The van der Waals surface area contributed by atoms with Crippen LogP contribution >= 0.6 is 11.6 Å². The molecule has 0 spiro atoms. The van der Waals surface area contributed by atoms with E-state index in [9.17, 15) is 9.90 Å². The third-order valence-corrected chi connectivity index (χ3v) is 3.02. The van der Waals surface area contributed by atoms with Gasteiger partial charge in [-0.3, -0.25) is 9.36 Å². The number of H-pyrrole nitrogens is 1. The van der Waals surface area contributed by atoms with Gasteiger partial charge in [0.2, 0.25) is 0 Å². The summed E-state index contributed by atoms with van der Waals surface area (Å²) in [6.07, 6.45) is 1.86. The Balaban J connectivity index is 2.07. The average molecular weight is 269 g/mol. The summed E-state index contributed by atoms with van der Waals surface area (Å²) in [4.78, 5) is 22.0. The highest BCUT2D eigenvalue weighted by Gasteiger charge is 2.31. The Morgan fingerprint density at radius 1 is 1.61 bits per heavy atom. The molecule has 0 aromatic carbocycles. The minimum Gasteiger partial charge on any atom is -0.471 e. The van der Waals surface area contributed by atoms with E-state index in [0.29, 0.717) is 17.8 Å². The van der Waals surface area contributed by atoms with Crippen molar-refractivity contribution in [2.75, 3.05) is 0 Å². The molecule has 2 aromatic heterocycles. The number of fused-ring (bicyclic) bond motifs is 1. The Morgan fingerprint density at radius 2 is 2.44 bits per heavy atom. The van der Waals surface area contributed by atoms with Crippen LogP contribution in [0.25, 0.3) is 11.2 Å². The van der Waals surface area contributed by atoms with Gasteiger partial charge in [0, 0.05) is 12.0 Å². The van der Waals surface area contributed by atoms with Crippen molar-refractivity contribution in [2.45, 2.75) is 18.8 Å². The van der Waals surface area contributed by atoms with E-state index in [2.05, 4.69) is 15.0 Å². The molecule has 0 unspecified atom stereocenters. The molecule has 1 fully saturated rings. The maximum absolute atomic E-state index is 11.5. The summed E-state index contributed by atoms with van der Waals surface area (Å²) in [5.74, 6) is 0.299. The average Bonchev–Trinajstić information content (AvgIpc) is 2.93. The number of rotatable bonds is 1. The van der Waals surface area contributed by atoms with E-state index in [0.717, 1.165) is 0 Å². The first-order valence-corrected chi connectivity index (χ1v) is 5.69. The largest absolute Gasteiger partial charge is 0.471 e. The predicted octanol–water partition coefficient (Wildman–Crippen LogP) is 0.480. The number of hydrogen-bond donors (Lipinski definition) is 2. The summed E-state index contributed by atoms with van der Waals surface area (Å²) >= 11 is 5.53. The number of aromatic amines is 1. The first-order chi connectivity index (χ1) is 8.70. The molecule has 2 N–H and O–H groups in total. The minimum absolute atomic E-state index is 0.235. The molecule has 0 amide bonds. The van der Waals surface area contributed by atoms with Gasteiger partial charge in [0.05, 0.1) is 6.33 Å². The van der Waals surface area contributed by atoms with E-state index in [1.165, 1.54) is 18.2 Å². The van der Waals surface area contributed by atoms with Crippen molar-refractivity contribution in [3.8, 4) is 0 Å². The Hall–Kier alpha value is -1.86. The molecule has 0 radical (unpaired) electrons. The molecular formula is C10H9ClN4O3. The fraction of sp³-hybridized carbons (Fsp3) is 0.300. The van der Waals surface area contributed by atoms with Gasteiger partial charge in [-0.15, -0.1) is 0 Å². The fourth-order valence-corrected chi connectivity index (χ4v) is 2.13. The topological polar surface area (TPSA) is 93.0 Å². The lowest BCUT2D eigenvalue weighted by molar-refractivity contribution is 0.101. The highest BCUT2D eigenvalue weighted by atomic mass is 35.5.